The molecule has 0 fully saturated rings. The van der Waals surface area contributed by atoms with Crippen LogP contribution in [-0.2, 0) is 14.1 Å². The summed E-state index contributed by atoms with van der Waals surface area (Å²) in [5.41, 5.74) is 9.69. The van der Waals surface area contributed by atoms with E-state index in [-0.39, 0.29) is 0 Å². The number of hydrogen-bond donors (Lipinski definition) is 0. The molecule has 0 radical (unpaired) electrons. The minimum atomic E-state index is 0.847. The van der Waals surface area contributed by atoms with Crippen molar-refractivity contribution in [1.82, 2.24) is 9.13 Å². The van der Waals surface area contributed by atoms with Crippen LogP contribution in [0.1, 0.15) is 0 Å². The highest BCUT2D eigenvalue weighted by Crippen LogP contribution is 2.50. The van der Waals surface area contributed by atoms with Crippen LogP contribution in [0.25, 0.3) is 65.9 Å². The average molecular weight is 497 g/mol. The average Bonchev–Trinajstić information content (AvgIpc) is 3.44. The van der Waals surface area contributed by atoms with E-state index in [1.807, 2.05) is 0 Å². The van der Waals surface area contributed by atoms with E-state index in [4.69, 9.17) is 9.47 Å². The van der Waals surface area contributed by atoms with Crippen LogP contribution in [0.4, 0.5) is 0 Å². The summed E-state index contributed by atoms with van der Waals surface area (Å²) in [4.78, 5) is 0. The maximum Gasteiger partial charge on any atom is 0.118 e. The summed E-state index contributed by atoms with van der Waals surface area (Å²) in [5.74, 6) is 1.69. The summed E-state index contributed by atoms with van der Waals surface area (Å²) in [6.07, 6.45) is 0. The molecule has 0 aliphatic heterocycles. The van der Waals surface area contributed by atoms with Crippen LogP contribution in [-0.4, -0.2) is 23.4 Å². The fraction of sp³-hybridized carbons (Fsp3) is 0.118. The molecular formula is C34H28N2O2. The van der Waals surface area contributed by atoms with Crippen LogP contribution in [0.3, 0.4) is 0 Å². The van der Waals surface area contributed by atoms with E-state index in [9.17, 15) is 0 Å². The van der Waals surface area contributed by atoms with Crippen molar-refractivity contribution in [3.8, 4) is 33.8 Å². The molecule has 0 unspecified atom stereocenters. The number of aryl methyl sites for hydroxylation is 2. The fourth-order valence-electron chi connectivity index (χ4n) is 6.19. The van der Waals surface area contributed by atoms with E-state index in [2.05, 4.69) is 120 Å². The highest BCUT2D eigenvalue weighted by Gasteiger charge is 2.26. The third-order valence-electron chi connectivity index (χ3n) is 7.95. The highest BCUT2D eigenvalue weighted by atomic mass is 16.5. The van der Waals surface area contributed by atoms with Gasteiger partial charge in [-0.1, -0.05) is 60.7 Å². The third kappa shape index (κ3) is 3.04. The van der Waals surface area contributed by atoms with Gasteiger partial charge in [-0.05, 0) is 47.5 Å². The lowest BCUT2D eigenvalue weighted by Crippen LogP contribution is -1.96. The maximum absolute atomic E-state index is 5.52. The number of methoxy groups -OCH3 is 2. The monoisotopic (exact) mass is 496 g/mol. The van der Waals surface area contributed by atoms with Crippen molar-refractivity contribution in [2.45, 2.75) is 0 Å². The number of fused-ring (bicyclic) bond motifs is 7. The molecule has 2 aromatic heterocycles. The van der Waals surface area contributed by atoms with Crippen molar-refractivity contribution in [3.05, 3.63) is 97.1 Å². The van der Waals surface area contributed by atoms with Gasteiger partial charge in [-0.25, -0.2) is 0 Å². The van der Waals surface area contributed by atoms with Crippen molar-refractivity contribution >= 4 is 43.6 Å². The van der Waals surface area contributed by atoms with Crippen LogP contribution in [0.15, 0.2) is 97.1 Å². The third-order valence-corrected chi connectivity index (χ3v) is 7.95. The van der Waals surface area contributed by atoms with Gasteiger partial charge in [0.25, 0.3) is 0 Å². The topological polar surface area (TPSA) is 28.3 Å². The molecule has 0 amide bonds. The number of aromatic nitrogens is 2. The molecule has 0 saturated heterocycles. The Morgan fingerprint density at radius 1 is 0.474 bits per heavy atom. The molecule has 0 spiro atoms. The Morgan fingerprint density at radius 3 is 1.21 bits per heavy atom. The zero-order valence-corrected chi connectivity index (χ0v) is 21.9. The van der Waals surface area contributed by atoms with E-state index in [1.165, 1.54) is 54.7 Å². The number of nitrogens with zero attached hydrogens (tertiary/aromatic N) is 2. The Hall–Kier alpha value is -4.70. The molecule has 0 aliphatic carbocycles. The molecule has 7 aromatic rings. The first-order chi connectivity index (χ1) is 18.6. The van der Waals surface area contributed by atoms with Crippen molar-refractivity contribution in [2.24, 2.45) is 14.1 Å². The lowest BCUT2D eigenvalue weighted by molar-refractivity contribution is 0.414. The second-order valence-electron chi connectivity index (χ2n) is 9.81. The van der Waals surface area contributed by atoms with Crippen LogP contribution < -0.4 is 9.47 Å². The molecule has 0 atom stereocenters. The van der Waals surface area contributed by atoms with Gasteiger partial charge < -0.3 is 18.6 Å². The molecule has 5 aromatic carbocycles. The molecule has 2 heterocycles. The molecule has 4 nitrogen and oxygen atoms in total. The van der Waals surface area contributed by atoms with Gasteiger partial charge in [-0.3, -0.25) is 0 Å². The molecule has 38 heavy (non-hydrogen) atoms. The Bertz CT molecular complexity index is 1850. The van der Waals surface area contributed by atoms with Crippen molar-refractivity contribution in [2.75, 3.05) is 14.2 Å². The van der Waals surface area contributed by atoms with E-state index in [0.29, 0.717) is 0 Å². The highest BCUT2D eigenvalue weighted by molar-refractivity contribution is 6.32. The van der Waals surface area contributed by atoms with Crippen LogP contribution >= 0.6 is 0 Å². The van der Waals surface area contributed by atoms with Crippen LogP contribution in [0.5, 0.6) is 11.5 Å². The van der Waals surface area contributed by atoms with Gasteiger partial charge in [0.1, 0.15) is 11.5 Å². The van der Waals surface area contributed by atoms with Crippen LogP contribution in [0, 0.1) is 0 Å². The van der Waals surface area contributed by atoms with E-state index >= 15 is 0 Å². The zero-order valence-electron chi connectivity index (χ0n) is 21.9. The van der Waals surface area contributed by atoms with Gasteiger partial charge in [0, 0.05) is 57.8 Å². The fourth-order valence-corrected chi connectivity index (χ4v) is 6.19. The molecule has 4 heteroatoms. The SMILES string of the molecule is COc1ccc(-c2c(-c3ccc(OC)cc3)c3c4ccccc4n(C)c3c3c2c2ccccc2n3C)cc1. The Morgan fingerprint density at radius 2 is 0.842 bits per heavy atom. The molecule has 0 saturated carbocycles. The Labute approximate surface area is 221 Å². The summed E-state index contributed by atoms with van der Waals surface area (Å²) in [5, 5.41) is 5.02. The van der Waals surface area contributed by atoms with Gasteiger partial charge in [0.05, 0.1) is 25.3 Å². The molecule has 7 rings (SSSR count). The largest absolute Gasteiger partial charge is 0.497 e. The zero-order chi connectivity index (χ0) is 26.0. The summed E-state index contributed by atoms with van der Waals surface area (Å²) in [6, 6.07) is 34.4. The minimum Gasteiger partial charge on any atom is -0.497 e. The first-order valence-corrected chi connectivity index (χ1v) is 12.8. The first kappa shape index (κ1) is 22.5. The van der Waals surface area contributed by atoms with Gasteiger partial charge in [-0.2, -0.15) is 0 Å². The van der Waals surface area contributed by atoms with Crippen LogP contribution in [0.2, 0.25) is 0 Å². The molecule has 186 valence electrons. The Kier molecular flexibility index (Phi) is 4.98. The van der Waals surface area contributed by atoms with Crippen molar-refractivity contribution in [3.63, 3.8) is 0 Å². The number of hydrogen-bond acceptors (Lipinski definition) is 2. The molecule has 0 bridgehead atoms. The number of benzene rings is 5. The van der Waals surface area contributed by atoms with Gasteiger partial charge in [0.15, 0.2) is 0 Å². The predicted octanol–water partition coefficient (Wildman–Crippen LogP) is 8.33. The van der Waals surface area contributed by atoms with Crippen molar-refractivity contribution < 1.29 is 9.47 Å². The molecule has 0 aliphatic rings. The van der Waals surface area contributed by atoms with E-state index < -0.39 is 0 Å². The van der Waals surface area contributed by atoms with Gasteiger partial charge in [-0.15, -0.1) is 0 Å². The smallest absolute Gasteiger partial charge is 0.118 e. The number of para-hydroxylation sites is 2. The lowest BCUT2D eigenvalue weighted by Gasteiger charge is -2.17. The first-order valence-electron chi connectivity index (χ1n) is 12.8. The quantitative estimate of drug-likeness (QED) is 0.245. The minimum absolute atomic E-state index is 0.847. The standard InChI is InChI=1S/C34H28N2O2/c1-35-27-11-7-5-9-25(27)31-29(21-13-17-23(37-3)18-14-21)30(22-15-19-24(38-4)20-16-22)32-26-10-6-8-12-28(26)36(2)34(32)33(31)35/h5-20H,1-4H3. The second kappa shape index (κ2) is 8.42. The van der Waals surface area contributed by atoms with E-state index in [1.54, 1.807) is 14.2 Å². The predicted molar refractivity (Wildman–Crippen MR) is 158 cm³/mol. The Balaban J connectivity index is 1.80. The molecule has 0 N–H and O–H groups in total. The van der Waals surface area contributed by atoms with Gasteiger partial charge >= 0.3 is 0 Å². The van der Waals surface area contributed by atoms with Crippen molar-refractivity contribution in [1.29, 1.82) is 0 Å². The lowest BCUT2D eigenvalue weighted by atomic mass is 9.87. The molecular weight excluding hydrogens is 468 g/mol. The van der Waals surface area contributed by atoms with E-state index in [0.717, 1.165) is 22.6 Å². The summed E-state index contributed by atoms with van der Waals surface area (Å²) in [7, 11) is 7.80. The summed E-state index contributed by atoms with van der Waals surface area (Å²) in [6.45, 7) is 0. The van der Waals surface area contributed by atoms with Gasteiger partial charge in [0.2, 0.25) is 0 Å². The number of ether oxygens (including phenoxy) is 2. The summed E-state index contributed by atoms with van der Waals surface area (Å²) < 4.78 is 15.8. The second-order valence-corrected chi connectivity index (χ2v) is 9.81. The number of rotatable bonds is 4. The maximum atomic E-state index is 5.52. The summed E-state index contributed by atoms with van der Waals surface area (Å²) >= 11 is 0. The normalized spacial score (nSPS) is 11.7.